The van der Waals surface area contributed by atoms with Crippen molar-refractivity contribution in [1.29, 1.82) is 0 Å². The number of carbonyl (C=O) groups is 2. The first-order chi connectivity index (χ1) is 20.2. The van der Waals surface area contributed by atoms with Crippen LogP contribution >= 0.6 is 0 Å². The summed E-state index contributed by atoms with van der Waals surface area (Å²) in [5.41, 5.74) is 3.03. The molecule has 1 atom stereocenters. The lowest BCUT2D eigenvalue weighted by Crippen LogP contribution is -2.40. The Morgan fingerprint density at radius 1 is 0.786 bits per heavy atom. The van der Waals surface area contributed by atoms with E-state index in [2.05, 4.69) is 17.6 Å². The van der Waals surface area contributed by atoms with E-state index in [0.717, 1.165) is 42.8 Å². The van der Waals surface area contributed by atoms with E-state index in [9.17, 15) is 22.8 Å². The van der Waals surface area contributed by atoms with E-state index in [1.54, 1.807) is 43.3 Å². The molecule has 2 N–H and O–H groups in total. The lowest BCUT2D eigenvalue weighted by Gasteiger charge is -2.31. The van der Waals surface area contributed by atoms with E-state index < -0.39 is 11.7 Å². The molecule has 0 saturated heterocycles. The molecule has 0 saturated carbocycles. The molecule has 0 fully saturated rings. The standard InChI is InChI=1S/C34H34F3N3O2/c1-3-9-29(40(24(2)41)30-10-5-4-6-11-30)22-23-38-27-18-20-28(21-19-27)39-33(42)32-13-8-7-12-31(32)25-14-16-26(17-15-25)34(35,36)37/h4-8,10-21,29,38H,3,9,22-23H2,1-2H3,(H,39,42). The number of amides is 2. The van der Waals surface area contributed by atoms with Crippen LogP contribution in [0.3, 0.4) is 0 Å². The van der Waals surface area contributed by atoms with Crippen LogP contribution in [0.25, 0.3) is 11.1 Å². The summed E-state index contributed by atoms with van der Waals surface area (Å²) in [7, 11) is 0. The Bertz CT molecular complexity index is 1470. The normalized spacial score (nSPS) is 11.9. The van der Waals surface area contributed by atoms with Gasteiger partial charge in [-0.2, -0.15) is 13.2 Å². The number of hydrogen-bond acceptors (Lipinski definition) is 3. The van der Waals surface area contributed by atoms with Crippen LogP contribution in [-0.4, -0.2) is 24.4 Å². The number of nitrogens with one attached hydrogen (secondary N) is 2. The Morgan fingerprint density at radius 3 is 2.02 bits per heavy atom. The van der Waals surface area contributed by atoms with E-state index in [1.807, 2.05) is 47.4 Å². The smallest absolute Gasteiger partial charge is 0.385 e. The van der Waals surface area contributed by atoms with Gasteiger partial charge in [0.15, 0.2) is 0 Å². The molecule has 42 heavy (non-hydrogen) atoms. The van der Waals surface area contributed by atoms with Crippen molar-refractivity contribution >= 4 is 28.9 Å². The zero-order valence-electron chi connectivity index (χ0n) is 23.6. The topological polar surface area (TPSA) is 61.4 Å². The van der Waals surface area contributed by atoms with Crippen molar-refractivity contribution in [3.05, 3.63) is 114 Å². The van der Waals surface area contributed by atoms with E-state index >= 15 is 0 Å². The molecule has 0 spiro atoms. The SMILES string of the molecule is CCCC(CCNc1ccc(NC(=O)c2ccccc2-c2ccc(C(F)(F)F)cc2)cc1)N(C(C)=O)c1ccccc1. The van der Waals surface area contributed by atoms with Gasteiger partial charge in [-0.15, -0.1) is 0 Å². The fraction of sp³-hybridized carbons (Fsp3) is 0.235. The molecule has 0 aliphatic heterocycles. The van der Waals surface area contributed by atoms with E-state index in [4.69, 9.17) is 0 Å². The monoisotopic (exact) mass is 573 g/mol. The van der Waals surface area contributed by atoms with Crippen molar-refractivity contribution in [3.8, 4) is 11.1 Å². The second-order valence-corrected chi connectivity index (χ2v) is 10.0. The molecule has 0 aliphatic rings. The Kier molecular flexibility index (Phi) is 10.0. The van der Waals surface area contributed by atoms with Gasteiger partial charge in [0, 0.05) is 42.1 Å². The van der Waals surface area contributed by atoms with E-state index in [1.165, 1.54) is 12.1 Å². The predicted octanol–water partition coefficient (Wildman–Crippen LogP) is 8.65. The zero-order valence-corrected chi connectivity index (χ0v) is 23.6. The molecule has 218 valence electrons. The van der Waals surface area contributed by atoms with Crippen LogP contribution in [0.1, 0.15) is 49.0 Å². The van der Waals surface area contributed by atoms with Gasteiger partial charge in [0.25, 0.3) is 5.91 Å². The maximum absolute atomic E-state index is 13.1. The van der Waals surface area contributed by atoms with Gasteiger partial charge in [-0.05, 0) is 78.6 Å². The number of anilines is 3. The van der Waals surface area contributed by atoms with Gasteiger partial charge in [-0.25, -0.2) is 0 Å². The molecular formula is C34H34F3N3O2. The molecule has 0 radical (unpaired) electrons. The maximum atomic E-state index is 13.1. The second-order valence-electron chi connectivity index (χ2n) is 10.0. The number of alkyl halides is 3. The van der Waals surface area contributed by atoms with Gasteiger partial charge in [0.1, 0.15) is 0 Å². The Morgan fingerprint density at radius 2 is 1.40 bits per heavy atom. The number of halogens is 3. The lowest BCUT2D eigenvalue weighted by molar-refractivity contribution is -0.137. The highest BCUT2D eigenvalue weighted by Gasteiger charge is 2.30. The van der Waals surface area contributed by atoms with Gasteiger partial charge in [0.05, 0.1) is 5.56 Å². The summed E-state index contributed by atoms with van der Waals surface area (Å²) in [4.78, 5) is 27.5. The molecule has 0 aliphatic carbocycles. The van der Waals surface area contributed by atoms with Crippen molar-refractivity contribution in [1.82, 2.24) is 0 Å². The summed E-state index contributed by atoms with van der Waals surface area (Å²) < 4.78 is 38.9. The Hall–Kier alpha value is -4.59. The summed E-state index contributed by atoms with van der Waals surface area (Å²) in [6, 6.07) is 28.6. The third kappa shape index (κ3) is 7.78. The Labute approximate surface area is 244 Å². The van der Waals surface area contributed by atoms with E-state index in [0.29, 0.717) is 28.9 Å². The maximum Gasteiger partial charge on any atom is 0.416 e. The molecule has 5 nitrogen and oxygen atoms in total. The molecule has 1 unspecified atom stereocenters. The zero-order chi connectivity index (χ0) is 30.1. The molecule has 4 aromatic rings. The molecule has 0 heterocycles. The number of carbonyl (C=O) groups excluding carboxylic acids is 2. The summed E-state index contributed by atoms with van der Waals surface area (Å²) in [6.45, 7) is 4.37. The Balaban J connectivity index is 1.38. The third-order valence-corrected chi connectivity index (χ3v) is 7.01. The van der Waals surface area contributed by atoms with Crippen LogP contribution in [0.4, 0.5) is 30.2 Å². The van der Waals surface area contributed by atoms with Crippen LogP contribution in [-0.2, 0) is 11.0 Å². The summed E-state index contributed by atoms with van der Waals surface area (Å²) in [5, 5.41) is 6.28. The lowest BCUT2D eigenvalue weighted by atomic mass is 9.98. The van der Waals surface area contributed by atoms with Crippen LogP contribution < -0.4 is 15.5 Å². The first-order valence-corrected chi connectivity index (χ1v) is 13.9. The molecule has 2 amide bonds. The fourth-order valence-electron chi connectivity index (χ4n) is 5.00. The quantitative estimate of drug-likeness (QED) is 0.189. The first-order valence-electron chi connectivity index (χ1n) is 13.9. The fourth-order valence-corrected chi connectivity index (χ4v) is 5.00. The van der Waals surface area contributed by atoms with Gasteiger partial charge in [0.2, 0.25) is 5.91 Å². The molecule has 4 aromatic carbocycles. The van der Waals surface area contributed by atoms with Crippen LogP contribution in [0.2, 0.25) is 0 Å². The molecule has 4 rings (SSSR count). The third-order valence-electron chi connectivity index (χ3n) is 7.01. The molecule has 0 bridgehead atoms. The number of rotatable bonds is 11. The highest BCUT2D eigenvalue weighted by atomic mass is 19.4. The summed E-state index contributed by atoms with van der Waals surface area (Å²) in [5.74, 6) is -0.349. The number of benzene rings is 4. The van der Waals surface area contributed by atoms with Gasteiger partial charge in [-0.3, -0.25) is 9.59 Å². The number of hydrogen-bond donors (Lipinski definition) is 2. The summed E-state index contributed by atoms with van der Waals surface area (Å²) >= 11 is 0. The first kappa shape index (κ1) is 30.4. The van der Waals surface area contributed by atoms with Crippen molar-refractivity contribution < 1.29 is 22.8 Å². The number of nitrogens with zero attached hydrogens (tertiary/aromatic N) is 1. The van der Waals surface area contributed by atoms with Crippen molar-refractivity contribution in [2.45, 2.75) is 45.3 Å². The van der Waals surface area contributed by atoms with Crippen LogP contribution in [0, 0.1) is 0 Å². The second kappa shape index (κ2) is 13.9. The van der Waals surface area contributed by atoms with Crippen LogP contribution in [0.5, 0.6) is 0 Å². The van der Waals surface area contributed by atoms with Gasteiger partial charge in [-0.1, -0.05) is 61.9 Å². The summed E-state index contributed by atoms with van der Waals surface area (Å²) in [6.07, 6.45) is -1.82. The molecular weight excluding hydrogens is 539 g/mol. The van der Waals surface area contributed by atoms with Crippen molar-refractivity contribution in [2.24, 2.45) is 0 Å². The van der Waals surface area contributed by atoms with Crippen LogP contribution in [0.15, 0.2) is 103 Å². The van der Waals surface area contributed by atoms with Gasteiger partial charge >= 0.3 is 6.18 Å². The van der Waals surface area contributed by atoms with E-state index in [-0.39, 0.29) is 17.9 Å². The minimum atomic E-state index is -4.43. The predicted molar refractivity (Wildman–Crippen MR) is 163 cm³/mol. The average Bonchev–Trinajstić information content (AvgIpc) is 2.98. The average molecular weight is 574 g/mol. The highest BCUT2D eigenvalue weighted by Crippen LogP contribution is 2.32. The van der Waals surface area contributed by atoms with Crippen molar-refractivity contribution in [2.75, 3.05) is 22.1 Å². The minimum absolute atomic E-state index is 0.0136. The largest absolute Gasteiger partial charge is 0.416 e. The molecule has 8 heteroatoms. The van der Waals surface area contributed by atoms with Gasteiger partial charge < -0.3 is 15.5 Å². The molecule has 0 aromatic heterocycles. The minimum Gasteiger partial charge on any atom is -0.385 e. The van der Waals surface area contributed by atoms with Crippen molar-refractivity contribution in [3.63, 3.8) is 0 Å². The highest BCUT2D eigenvalue weighted by molar-refractivity contribution is 6.08. The number of para-hydroxylation sites is 1.